The lowest BCUT2D eigenvalue weighted by atomic mass is 10.1. The molecule has 0 fully saturated rings. The molecule has 4 nitrogen and oxygen atoms in total. The second kappa shape index (κ2) is 7.22. The first-order valence-corrected chi connectivity index (χ1v) is 9.50. The molecule has 3 aromatic heterocycles. The maximum Gasteiger partial charge on any atom is 0.163 e. The van der Waals surface area contributed by atoms with Gasteiger partial charge in [-0.15, -0.1) is 11.3 Å². The normalized spacial score (nSPS) is 11.0. The summed E-state index contributed by atoms with van der Waals surface area (Å²) in [5.41, 5.74) is 3.56. The highest BCUT2D eigenvalue weighted by Gasteiger charge is 2.15. The van der Waals surface area contributed by atoms with Crippen LogP contribution < -0.4 is 5.32 Å². The van der Waals surface area contributed by atoms with Gasteiger partial charge >= 0.3 is 0 Å². The summed E-state index contributed by atoms with van der Waals surface area (Å²) in [4.78, 5) is 16.0. The topological polar surface area (TPSA) is 50.7 Å². The van der Waals surface area contributed by atoms with Gasteiger partial charge in [-0.1, -0.05) is 30.3 Å². The van der Waals surface area contributed by atoms with Gasteiger partial charge in [-0.3, -0.25) is 4.98 Å². The fraction of sp³-hybridized carbons (Fsp3) is 0.190. The summed E-state index contributed by atoms with van der Waals surface area (Å²) in [6.45, 7) is 5.12. The van der Waals surface area contributed by atoms with Crippen molar-refractivity contribution in [3.63, 3.8) is 0 Å². The maximum absolute atomic E-state index is 4.83. The number of pyridine rings is 1. The minimum atomic E-state index is 0.739. The summed E-state index contributed by atoms with van der Waals surface area (Å²) in [5.74, 6) is 1.66. The quantitative estimate of drug-likeness (QED) is 0.543. The lowest BCUT2D eigenvalue weighted by molar-refractivity contribution is 1.01. The summed E-state index contributed by atoms with van der Waals surface area (Å²) in [5, 5.41) is 4.68. The second-order valence-corrected chi connectivity index (χ2v) is 7.46. The average Bonchev–Trinajstić information content (AvgIpc) is 2.97. The summed E-state index contributed by atoms with van der Waals surface area (Å²) in [7, 11) is 0. The third-order valence-electron chi connectivity index (χ3n) is 4.52. The van der Waals surface area contributed by atoms with Crippen LogP contribution in [0, 0.1) is 13.8 Å². The largest absolute Gasteiger partial charge is 0.369 e. The van der Waals surface area contributed by atoms with Crippen LogP contribution in [0.2, 0.25) is 0 Å². The zero-order chi connectivity index (χ0) is 17.9. The molecule has 0 aliphatic carbocycles. The highest BCUT2D eigenvalue weighted by atomic mass is 32.1. The molecular formula is C21H20N4S. The van der Waals surface area contributed by atoms with Crippen molar-refractivity contribution in [1.29, 1.82) is 0 Å². The molecule has 4 rings (SSSR count). The minimum Gasteiger partial charge on any atom is -0.369 e. The molecule has 4 aromatic rings. The van der Waals surface area contributed by atoms with Crippen molar-refractivity contribution in [3.8, 4) is 11.4 Å². The van der Waals surface area contributed by atoms with E-state index in [-0.39, 0.29) is 0 Å². The van der Waals surface area contributed by atoms with E-state index < -0.39 is 0 Å². The number of aromatic nitrogens is 3. The number of nitrogens with zero attached hydrogens (tertiary/aromatic N) is 3. The van der Waals surface area contributed by atoms with Crippen molar-refractivity contribution in [2.45, 2.75) is 20.3 Å². The smallest absolute Gasteiger partial charge is 0.163 e. The zero-order valence-electron chi connectivity index (χ0n) is 14.9. The van der Waals surface area contributed by atoms with Gasteiger partial charge in [0, 0.05) is 29.4 Å². The van der Waals surface area contributed by atoms with E-state index in [1.165, 1.54) is 16.0 Å². The molecule has 0 radical (unpaired) electrons. The van der Waals surface area contributed by atoms with Crippen molar-refractivity contribution in [3.05, 3.63) is 70.9 Å². The Kier molecular flexibility index (Phi) is 4.63. The number of hydrogen-bond acceptors (Lipinski definition) is 5. The Balaban J connectivity index is 1.69. The lowest BCUT2D eigenvalue weighted by Crippen LogP contribution is -2.08. The van der Waals surface area contributed by atoms with Crippen LogP contribution in [0.25, 0.3) is 21.6 Å². The van der Waals surface area contributed by atoms with E-state index in [4.69, 9.17) is 9.97 Å². The van der Waals surface area contributed by atoms with E-state index in [1.807, 2.05) is 18.2 Å². The second-order valence-electron chi connectivity index (χ2n) is 6.26. The fourth-order valence-electron chi connectivity index (χ4n) is 2.98. The van der Waals surface area contributed by atoms with Crippen molar-refractivity contribution in [1.82, 2.24) is 15.0 Å². The Bertz CT molecular complexity index is 1030. The molecular weight excluding hydrogens is 340 g/mol. The van der Waals surface area contributed by atoms with Gasteiger partial charge in [-0.25, -0.2) is 9.97 Å². The molecule has 0 amide bonds. The number of benzene rings is 1. The van der Waals surface area contributed by atoms with Crippen LogP contribution in [0.5, 0.6) is 0 Å². The first-order valence-electron chi connectivity index (χ1n) is 8.68. The molecule has 3 heterocycles. The molecule has 0 spiro atoms. The molecule has 1 N–H and O–H groups in total. The number of fused-ring (bicyclic) bond motifs is 1. The zero-order valence-corrected chi connectivity index (χ0v) is 15.7. The molecule has 0 aliphatic heterocycles. The van der Waals surface area contributed by atoms with E-state index in [0.717, 1.165) is 40.4 Å². The Labute approximate surface area is 157 Å². The van der Waals surface area contributed by atoms with E-state index in [0.29, 0.717) is 0 Å². The van der Waals surface area contributed by atoms with Gasteiger partial charge in [0.2, 0.25) is 0 Å². The first kappa shape index (κ1) is 16.7. The Morgan fingerprint density at radius 3 is 2.50 bits per heavy atom. The van der Waals surface area contributed by atoms with E-state index >= 15 is 0 Å². The van der Waals surface area contributed by atoms with E-state index in [9.17, 15) is 0 Å². The first-order chi connectivity index (χ1) is 12.7. The Hall–Kier alpha value is -2.79. The van der Waals surface area contributed by atoms with Crippen molar-refractivity contribution < 1.29 is 0 Å². The van der Waals surface area contributed by atoms with Gasteiger partial charge in [0.15, 0.2) is 5.82 Å². The summed E-state index contributed by atoms with van der Waals surface area (Å²) in [6.07, 6.45) is 4.51. The lowest BCUT2D eigenvalue weighted by Gasteiger charge is -2.10. The van der Waals surface area contributed by atoms with Crippen molar-refractivity contribution in [2.75, 3.05) is 11.9 Å². The van der Waals surface area contributed by atoms with Crippen LogP contribution in [-0.2, 0) is 6.42 Å². The van der Waals surface area contributed by atoms with Crippen LogP contribution in [0.4, 0.5) is 5.82 Å². The molecule has 0 unspecified atom stereocenters. The monoisotopic (exact) mass is 360 g/mol. The highest BCUT2D eigenvalue weighted by Crippen LogP contribution is 2.34. The standard InChI is InChI=1S/C21H20N4S/c1-14-15(2)26-21-18(14)20(23-13-8-16-6-4-3-5-7-16)24-19(25-21)17-9-11-22-12-10-17/h3-7,9-12H,8,13H2,1-2H3,(H,23,24,25). The molecule has 26 heavy (non-hydrogen) atoms. The number of thiophene rings is 1. The molecule has 0 saturated carbocycles. The van der Waals surface area contributed by atoms with Crippen LogP contribution in [-0.4, -0.2) is 21.5 Å². The van der Waals surface area contributed by atoms with Gasteiger partial charge in [-0.05, 0) is 43.5 Å². The molecule has 1 aromatic carbocycles. The van der Waals surface area contributed by atoms with Crippen LogP contribution in [0.1, 0.15) is 16.0 Å². The highest BCUT2D eigenvalue weighted by molar-refractivity contribution is 7.18. The number of anilines is 1. The third-order valence-corrected chi connectivity index (χ3v) is 5.62. The van der Waals surface area contributed by atoms with Gasteiger partial charge in [-0.2, -0.15) is 0 Å². The van der Waals surface area contributed by atoms with Crippen LogP contribution in [0.15, 0.2) is 54.9 Å². The van der Waals surface area contributed by atoms with Crippen molar-refractivity contribution in [2.24, 2.45) is 0 Å². The predicted molar refractivity (Wildman–Crippen MR) is 109 cm³/mol. The number of nitrogens with one attached hydrogen (secondary N) is 1. The van der Waals surface area contributed by atoms with Gasteiger partial charge in [0.25, 0.3) is 0 Å². The SMILES string of the molecule is Cc1sc2nc(-c3ccncc3)nc(NCCc3ccccc3)c2c1C. The Morgan fingerprint density at radius 2 is 1.73 bits per heavy atom. The van der Waals surface area contributed by atoms with Crippen molar-refractivity contribution >= 4 is 27.4 Å². The molecule has 0 atom stereocenters. The van der Waals surface area contributed by atoms with E-state index in [2.05, 4.69) is 48.4 Å². The van der Waals surface area contributed by atoms with Gasteiger partial charge < -0.3 is 5.32 Å². The number of hydrogen-bond donors (Lipinski definition) is 1. The van der Waals surface area contributed by atoms with Crippen LogP contribution >= 0.6 is 11.3 Å². The molecule has 0 saturated heterocycles. The third kappa shape index (κ3) is 3.30. The Morgan fingerprint density at radius 1 is 0.962 bits per heavy atom. The summed E-state index contributed by atoms with van der Waals surface area (Å²) >= 11 is 1.72. The minimum absolute atomic E-state index is 0.739. The predicted octanol–water partition coefficient (Wildman–Crippen LogP) is 5.02. The average molecular weight is 360 g/mol. The molecule has 0 aliphatic rings. The number of rotatable bonds is 5. The fourth-order valence-corrected chi connectivity index (χ4v) is 4.01. The van der Waals surface area contributed by atoms with Crippen LogP contribution in [0.3, 0.4) is 0 Å². The maximum atomic E-state index is 4.83. The molecule has 0 bridgehead atoms. The van der Waals surface area contributed by atoms with Gasteiger partial charge in [0.05, 0.1) is 5.39 Å². The summed E-state index contributed by atoms with van der Waals surface area (Å²) < 4.78 is 0. The van der Waals surface area contributed by atoms with Gasteiger partial charge in [0.1, 0.15) is 10.6 Å². The summed E-state index contributed by atoms with van der Waals surface area (Å²) in [6, 6.07) is 14.4. The number of aryl methyl sites for hydroxylation is 2. The molecule has 5 heteroatoms. The van der Waals surface area contributed by atoms with E-state index in [1.54, 1.807) is 23.7 Å². The molecule has 130 valence electrons.